The maximum atomic E-state index is 13.4. The molecule has 0 radical (unpaired) electrons. The third-order valence-corrected chi connectivity index (χ3v) is 2.25. The lowest BCUT2D eigenvalue weighted by atomic mass is 10.2. The highest BCUT2D eigenvalue weighted by Gasteiger charge is 2.04. The average molecular weight is 230 g/mol. The fourth-order valence-corrected chi connectivity index (χ4v) is 1.07. The molecule has 2 nitrogen and oxygen atoms in total. The minimum atomic E-state index is -0.402. The molecule has 4 heteroatoms. The smallest absolute Gasteiger partial charge is 0.165 e. The van der Waals surface area contributed by atoms with Crippen LogP contribution in [0.4, 0.5) is 4.39 Å². The van der Waals surface area contributed by atoms with Gasteiger partial charge in [-0.3, -0.25) is 0 Å². The lowest BCUT2D eigenvalue weighted by Gasteiger charge is -2.07. The van der Waals surface area contributed by atoms with E-state index >= 15 is 0 Å². The van der Waals surface area contributed by atoms with Crippen molar-refractivity contribution in [3.05, 3.63) is 40.7 Å². The fraction of sp³-hybridized carbons (Fsp3) is 0.273. The Hall–Kier alpha value is -1.06. The second-order valence-electron chi connectivity index (χ2n) is 3.21. The molecule has 0 aliphatic carbocycles. The molecule has 0 saturated carbocycles. The van der Waals surface area contributed by atoms with Gasteiger partial charge in [-0.15, -0.1) is 0 Å². The maximum Gasteiger partial charge on any atom is 0.165 e. The fourth-order valence-electron chi connectivity index (χ4n) is 1.01. The summed E-state index contributed by atoms with van der Waals surface area (Å²) in [5, 5.41) is 0. The van der Waals surface area contributed by atoms with E-state index in [0.717, 1.165) is 11.1 Å². The minimum Gasteiger partial charge on any atom is -0.486 e. The molecule has 15 heavy (non-hydrogen) atoms. The van der Waals surface area contributed by atoms with E-state index in [-0.39, 0.29) is 12.4 Å². The summed E-state index contributed by atoms with van der Waals surface area (Å²) in [4.78, 5) is 0. The third kappa shape index (κ3) is 3.53. The highest BCUT2D eigenvalue weighted by atomic mass is 35.5. The van der Waals surface area contributed by atoms with Gasteiger partial charge in [-0.05, 0) is 30.2 Å². The van der Waals surface area contributed by atoms with Gasteiger partial charge in [0.15, 0.2) is 11.6 Å². The van der Waals surface area contributed by atoms with Crippen LogP contribution in [-0.4, -0.2) is 6.61 Å². The second-order valence-corrected chi connectivity index (χ2v) is 3.43. The van der Waals surface area contributed by atoms with E-state index in [4.69, 9.17) is 22.1 Å². The molecule has 0 aliphatic heterocycles. The molecule has 0 amide bonds. The first-order valence-electron chi connectivity index (χ1n) is 4.54. The van der Waals surface area contributed by atoms with Gasteiger partial charge < -0.3 is 10.5 Å². The summed E-state index contributed by atoms with van der Waals surface area (Å²) < 4.78 is 18.6. The Bertz CT molecular complexity index is 366. The second kappa shape index (κ2) is 5.73. The lowest BCUT2D eigenvalue weighted by molar-refractivity contribution is 0.332. The molecule has 2 N–H and O–H groups in total. The first-order chi connectivity index (χ1) is 7.17. The van der Waals surface area contributed by atoms with Gasteiger partial charge in [0, 0.05) is 12.1 Å². The Morgan fingerprint density at radius 1 is 1.60 bits per heavy atom. The van der Waals surface area contributed by atoms with E-state index in [0.29, 0.717) is 6.54 Å². The summed E-state index contributed by atoms with van der Waals surface area (Å²) in [5.74, 6) is -0.189. The van der Waals surface area contributed by atoms with Crippen LogP contribution >= 0.6 is 11.6 Å². The van der Waals surface area contributed by atoms with Crippen molar-refractivity contribution in [2.75, 3.05) is 6.61 Å². The molecule has 0 aliphatic rings. The predicted molar refractivity (Wildman–Crippen MR) is 59.4 cm³/mol. The van der Waals surface area contributed by atoms with Gasteiger partial charge in [-0.2, -0.15) is 0 Å². The Morgan fingerprint density at radius 2 is 2.33 bits per heavy atom. The molecule has 0 heterocycles. The molecule has 0 bridgehead atoms. The zero-order valence-corrected chi connectivity index (χ0v) is 9.22. The van der Waals surface area contributed by atoms with Crippen LogP contribution in [0.2, 0.25) is 0 Å². The van der Waals surface area contributed by atoms with E-state index in [1.165, 1.54) is 11.6 Å². The molecule has 0 spiro atoms. The molecule has 1 aromatic rings. The summed E-state index contributed by atoms with van der Waals surface area (Å²) in [6, 6.07) is 4.67. The maximum absolute atomic E-state index is 13.4. The quantitative estimate of drug-likeness (QED) is 0.862. The molecule has 0 atom stereocenters. The van der Waals surface area contributed by atoms with Gasteiger partial charge in [0.05, 0.1) is 0 Å². The van der Waals surface area contributed by atoms with Gasteiger partial charge in [-0.1, -0.05) is 17.7 Å². The number of halogens is 2. The van der Waals surface area contributed by atoms with Crippen molar-refractivity contribution < 1.29 is 9.13 Å². The van der Waals surface area contributed by atoms with Crippen molar-refractivity contribution in [2.45, 2.75) is 13.5 Å². The number of nitrogens with two attached hydrogens (primary N) is 1. The number of hydrogen-bond donors (Lipinski definition) is 1. The van der Waals surface area contributed by atoms with Crippen LogP contribution in [0, 0.1) is 5.82 Å². The van der Waals surface area contributed by atoms with Crippen molar-refractivity contribution in [1.29, 1.82) is 0 Å². The molecule has 0 fully saturated rings. The summed E-state index contributed by atoms with van der Waals surface area (Å²) in [5.41, 5.74) is 8.36. The van der Waals surface area contributed by atoms with Crippen LogP contribution in [0.25, 0.3) is 0 Å². The van der Waals surface area contributed by atoms with Gasteiger partial charge in [0.25, 0.3) is 0 Å². The molecular formula is C11H13ClFNO. The van der Waals surface area contributed by atoms with E-state index in [2.05, 4.69) is 0 Å². The number of hydrogen-bond acceptors (Lipinski definition) is 2. The van der Waals surface area contributed by atoms with E-state index in [9.17, 15) is 4.39 Å². The SMILES string of the molecule is C/C(=C/Cl)COc1ccc(CN)cc1F. The van der Waals surface area contributed by atoms with Crippen LogP contribution < -0.4 is 10.5 Å². The van der Waals surface area contributed by atoms with Crippen molar-refractivity contribution >= 4 is 11.6 Å². The molecule has 0 unspecified atom stereocenters. The molecular weight excluding hydrogens is 217 g/mol. The van der Waals surface area contributed by atoms with E-state index < -0.39 is 5.82 Å². The first-order valence-corrected chi connectivity index (χ1v) is 4.98. The van der Waals surface area contributed by atoms with Crippen molar-refractivity contribution in [3.63, 3.8) is 0 Å². The third-order valence-electron chi connectivity index (χ3n) is 1.87. The number of rotatable bonds is 4. The highest BCUT2D eigenvalue weighted by Crippen LogP contribution is 2.18. The van der Waals surface area contributed by atoms with Crippen molar-refractivity contribution in [3.8, 4) is 5.75 Å². The molecule has 0 aromatic heterocycles. The Morgan fingerprint density at radius 3 is 2.87 bits per heavy atom. The standard InChI is InChI=1S/C11H13ClFNO/c1-8(5-12)7-15-11-3-2-9(6-14)4-10(11)13/h2-5H,6-7,14H2,1H3/b8-5-. The summed E-state index contributed by atoms with van der Waals surface area (Å²) in [6.07, 6.45) is 0. The lowest BCUT2D eigenvalue weighted by Crippen LogP contribution is -2.02. The molecule has 82 valence electrons. The van der Waals surface area contributed by atoms with Crippen LogP contribution in [0.5, 0.6) is 5.75 Å². The van der Waals surface area contributed by atoms with Crippen LogP contribution in [-0.2, 0) is 6.54 Å². The normalized spacial score (nSPS) is 11.6. The van der Waals surface area contributed by atoms with Crippen LogP contribution in [0.1, 0.15) is 12.5 Å². The summed E-state index contributed by atoms with van der Waals surface area (Å²) in [6.45, 7) is 2.40. The molecule has 1 rings (SSSR count). The summed E-state index contributed by atoms with van der Waals surface area (Å²) in [7, 11) is 0. The Labute approximate surface area is 93.5 Å². The Kier molecular flexibility index (Phi) is 4.59. The Balaban J connectivity index is 2.70. The van der Waals surface area contributed by atoms with Crippen LogP contribution in [0.3, 0.4) is 0 Å². The highest BCUT2D eigenvalue weighted by molar-refractivity contribution is 6.25. The number of benzene rings is 1. The monoisotopic (exact) mass is 229 g/mol. The van der Waals surface area contributed by atoms with Gasteiger partial charge in [0.2, 0.25) is 0 Å². The zero-order valence-electron chi connectivity index (χ0n) is 8.47. The predicted octanol–water partition coefficient (Wildman–Crippen LogP) is 2.81. The van der Waals surface area contributed by atoms with Crippen molar-refractivity contribution in [2.24, 2.45) is 5.73 Å². The first kappa shape index (κ1) is 12.0. The number of ether oxygens (including phenoxy) is 1. The largest absolute Gasteiger partial charge is 0.486 e. The molecule has 0 saturated heterocycles. The van der Waals surface area contributed by atoms with Gasteiger partial charge in [0.1, 0.15) is 6.61 Å². The van der Waals surface area contributed by atoms with E-state index in [1.54, 1.807) is 19.1 Å². The van der Waals surface area contributed by atoms with Gasteiger partial charge in [-0.25, -0.2) is 4.39 Å². The van der Waals surface area contributed by atoms with Gasteiger partial charge >= 0.3 is 0 Å². The minimum absolute atomic E-state index is 0.213. The molecule has 1 aromatic carbocycles. The van der Waals surface area contributed by atoms with Crippen molar-refractivity contribution in [1.82, 2.24) is 0 Å². The topological polar surface area (TPSA) is 35.2 Å². The summed E-state index contributed by atoms with van der Waals surface area (Å²) >= 11 is 5.45. The average Bonchev–Trinajstić information content (AvgIpc) is 2.26. The van der Waals surface area contributed by atoms with E-state index in [1.807, 2.05) is 0 Å². The zero-order chi connectivity index (χ0) is 11.3. The van der Waals surface area contributed by atoms with Crippen LogP contribution in [0.15, 0.2) is 29.3 Å².